The van der Waals surface area contributed by atoms with Crippen molar-refractivity contribution in [2.45, 2.75) is 45.6 Å². The average Bonchev–Trinajstić information content (AvgIpc) is 2.42. The lowest BCUT2D eigenvalue weighted by molar-refractivity contribution is 0.217. The van der Waals surface area contributed by atoms with E-state index in [0.29, 0.717) is 23.2 Å². The fourth-order valence-corrected chi connectivity index (χ4v) is 2.97. The molecule has 112 valence electrons. The number of methoxy groups -OCH3 is 2. The largest absolute Gasteiger partial charge is 0.493 e. The first-order valence-corrected chi connectivity index (χ1v) is 7.26. The molecule has 0 aliphatic heterocycles. The molecule has 0 amide bonds. The molecule has 0 radical (unpaired) electrons. The average molecular weight is 278 g/mol. The van der Waals surface area contributed by atoms with Gasteiger partial charge in [0.05, 0.1) is 25.6 Å². The monoisotopic (exact) mass is 278 g/mol. The number of anilines is 2. The number of nitrogens with two attached hydrogens (primary N) is 1. The molecule has 0 saturated heterocycles. The number of nitrogens with one attached hydrogen (secondary N) is 1. The molecule has 1 aromatic rings. The molecule has 4 heteroatoms. The summed E-state index contributed by atoms with van der Waals surface area (Å²) >= 11 is 0. The second-order valence-electron chi connectivity index (χ2n) is 6.23. The van der Waals surface area contributed by atoms with Crippen LogP contribution in [-0.2, 0) is 0 Å². The normalized spacial score (nSPS) is 21.3. The maximum atomic E-state index is 6.13. The Kier molecular flexibility index (Phi) is 4.31. The van der Waals surface area contributed by atoms with Crippen LogP contribution in [0, 0.1) is 5.41 Å². The predicted molar refractivity (Wildman–Crippen MR) is 83.6 cm³/mol. The number of benzene rings is 1. The summed E-state index contributed by atoms with van der Waals surface area (Å²) in [4.78, 5) is 0. The van der Waals surface area contributed by atoms with Crippen LogP contribution in [0.1, 0.15) is 39.5 Å². The molecule has 1 aliphatic carbocycles. The third-order valence-corrected chi connectivity index (χ3v) is 4.39. The standard InChI is InChI=1S/C16H26N2O2/c1-16(2)8-6-5-7-15(16)18-12-10-14(20-4)13(19-3)9-11(12)17/h9-10,15,18H,5-8,17H2,1-4H3. The lowest BCUT2D eigenvalue weighted by atomic mass is 9.73. The van der Waals surface area contributed by atoms with E-state index in [-0.39, 0.29) is 5.41 Å². The Hall–Kier alpha value is -1.58. The van der Waals surface area contributed by atoms with Crippen molar-refractivity contribution in [2.75, 3.05) is 25.3 Å². The highest BCUT2D eigenvalue weighted by Gasteiger charge is 2.32. The van der Waals surface area contributed by atoms with Gasteiger partial charge in [-0.15, -0.1) is 0 Å². The van der Waals surface area contributed by atoms with E-state index in [1.807, 2.05) is 12.1 Å². The first-order chi connectivity index (χ1) is 9.47. The van der Waals surface area contributed by atoms with E-state index in [2.05, 4.69) is 19.2 Å². The van der Waals surface area contributed by atoms with Crippen LogP contribution >= 0.6 is 0 Å². The van der Waals surface area contributed by atoms with Gasteiger partial charge in [0.25, 0.3) is 0 Å². The van der Waals surface area contributed by atoms with E-state index in [1.54, 1.807) is 14.2 Å². The first-order valence-electron chi connectivity index (χ1n) is 7.26. The van der Waals surface area contributed by atoms with Crippen LogP contribution in [0.2, 0.25) is 0 Å². The van der Waals surface area contributed by atoms with E-state index in [0.717, 1.165) is 5.69 Å². The number of ether oxygens (including phenoxy) is 2. The van der Waals surface area contributed by atoms with Crippen molar-refractivity contribution in [3.8, 4) is 11.5 Å². The van der Waals surface area contributed by atoms with Crippen molar-refractivity contribution in [3.05, 3.63) is 12.1 Å². The molecular formula is C16H26N2O2. The fraction of sp³-hybridized carbons (Fsp3) is 0.625. The van der Waals surface area contributed by atoms with Gasteiger partial charge in [0.15, 0.2) is 11.5 Å². The van der Waals surface area contributed by atoms with Gasteiger partial charge < -0.3 is 20.5 Å². The summed E-state index contributed by atoms with van der Waals surface area (Å²) in [6, 6.07) is 4.19. The maximum absolute atomic E-state index is 6.13. The Labute approximate surface area is 121 Å². The van der Waals surface area contributed by atoms with Crippen LogP contribution in [0.15, 0.2) is 12.1 Å². The van der Waals surface area contributed by atoms with Gasteiger partial charge in [0.1, 0.15) is 0 Å². The zero-order chi connectivity index (χ0) is 14.8. The molecule has 4 nitrogen and oxygen atoms in total. The highest BCUT2D eigenvalue weighted by Crippen LogP contribution is 2.40. The third kappa shape index (κ3) is 2.94. The lowest BCUT2D eigenvalue weighted by Gasteiger charge is -2.40. The molecule has 2 rings (SSSR count). The fourth-order valence-electron chi connectivity index (χ4n) is 2.97. The van der Waals surface area contributed by atoms with Crippen molar-refractivity contribution >= 4 is 11.4 Å². The van der Waals surface area contributed by atoms with Crippen LogP contribution < -0.4 is 20.5 Å². The highest BCUT2D eigenvalue weighted by molar-refractivity contribution is 5.72. The second-order valence-corrected chi connectivity index (χ2v) is 6.23. The van der Waals surface area contributed by atoms with Crippen molar-refractivity contribution in [1.29, 1.82) is 0 Å². The molecule has 1 fully saturated rings. The second kappa shape index (κ2) is 5.81. The topological polar surface area (TPSA) is 56.5 Å². The SMILES string of the molecule is COc1cc(N)c(NC2CCCCC2(C)C)cc1OC. The van der Waals surface area contributed by atoms with Crippen molar-refractivity contribution in [3.63, 3.8) is 0 Å². The molecule has 0 bridgehead atoms. The number of rotatable bonds is 4. The number of hydrogen-bond acceptors (Lipinski definition) is 4. The number of nitrogen functional groups attached to an aromatic ring is 1. The molecular weight excluding hydrogens is 252 g/mol. The summed E-state index contributed by atoms with van der Waals surface area (Å²) in [5, 5.41) is 3.60. The molecule has 1 saturated carbocycles. The molecule has 0 spiro atoms. The van der Waals surface area contributed by atoms with Crippen LogP contribution in [-0.4, -0.2) is 20.3 Å². The zero-order valence-electron chi connectivity index (χ0n) is 13.0. The van der Waals surface area contributed by atoms with E-state index in [1.165, 1.54) is 25.7 Å². The predicted octanol–water partition coefficient (Wildman–Crippen LogP) is 3.67. The summed E-state index contributed by atoms with van der Waals surface area (Å²) < 4.78 is 10.6. The van der Waals surface area contributed by atoms with E-state index in [9.17, 15) is 0 Å². The van der Waals surface area contributed by atoms with Gasteiger partial charge in [-0.1, -0.05) is 26.7 Å². The van der Waals surface area contributed by atoms with Crippen molar-refractivity contribution in [2.24, 2.45) is 5.41 Å². The minimum absolute atomic E-state index is 0.290. The van der Waals surface area contributed by atoms with Crippen LogP contribution in [0.3, 0.4) is 0 Å². The summed E-state index contributed by atoms with van der Waals surface area (Å²) in [7, 11) is 3.26. The Morgan fingerprint density at radius 1 is 1.15 bits per heavy atom. The molecule has 0 aromatic heterocycles. The molecule has 1 aliphatic rings. The van der Waals surface area contributed by atoms with E-state index in [4.69, 9.17) is 15.2 Å². The minimum Gasteiger partial charge on any atom is -0.493 e. The van der Waals surface area contributed by atoms with Crippen molar-refractivity contribution < 1.29 is 9.47 Å². The summed E-state index contributed by atoms with van der Waals surface area (Å²) in [6.45, 7) is 4.64. The van der Waals surface area contributed by atoms with E-state index >= 15 is 0 Å². The maximum Gasteiger partial charge on any atom is 0.162 e. The van der Waals surface area contributed by atoms with Gasteiger partial charge in [0, 0.05) is 18.2 Å². The smallest absolute Gasteiger partial charge is 0.162 e. The molecule has 1 aromatic carbocycles. The Morgan fingerprint density at radius 3 is 2.40 bits per heavy atom. The Bertz CT molecular complexity index is 472. The summed E-state index contributed by atoms with van der Waals surface area (Å²) in [5.41, 5.74) is 8.05. The van der Waals surface area contributed by atoms with Gasteiger partial charge in [-0.05, 0) is 18.3 Å². The van der Waals surface area contributed by atoms with Gasteiger partial charge in [-0.3, -0.25) is 0 Å². The van der Waals surface area contributed by atoms with Crippen LogP contribution in [0.4, 0.5) is 11.4 Å². The minimum atomic E-state index is 0.290. The van der Waals surface area contributed by atoms with Crippen LogP contribution in [0.25, 0.3) is 0 Å². The Morgan fingerprint density at radius 2 is 1.80 bits per heavy atom. The van der Waals surface area contributed by atoms with Crippen LogP contribution in [0.5, 0.6) is 11.5 Å². The molecule has 0 heterocycles. The van der Waals surface area contributed by atoms with Gasteiger partial charge >= 0.3 is 0 Å². The van der Waals surface area contributed by atoms with Gasteiger partial charge in [0.2, 0.25) is 0 Å². The first kappa shape index (κ1) is 14.8. The summed E-state index contributed by atoms with van der Waals surface area (Å²) in [5.74, 6) is 1.37. The molecule has 1 unspecified atom stereocenters. The Balaban J connectivity index is 2.24. The van der Waals surface area contributed by atoms with Gasteiger partial charge in [-0.25, -0.2) is 0 Å². The zero-order valence-corrected chi connectivity index (χ0v) is 13.0. The molecule has 1 atom stereocenters. The molecule has 3 N–H and O–H groups in total. The molecule has 20 heavy (non-hydrogen) atoms. The third-order valence-electron chi connectivity index (χ3n) is 4.39. The van der Waals surface area contributed by atoms with Crippen molar-refractivity contribution in [1.82, 2.24) is 0 Å². The lowest BCUT2D eigenvalue weighted by Crippen LogP contribution is -2.39. The quantitative estimate of drug-likeness (QED) is 0.825. The van der Waals surface area contributed by atoms with E-state index < -0.39 is 0 Å². The van der Waals surface area contributed by atoms with Gasteiger partial charge in [-0.2, -0.15) is 0 Å². The summed E-state index contributed by atoms with van der Waals surface area (Å²) in [6.07, 6.45) is 5.01. The number of hydrogen-bond donors (Lipinski definition) is 2. The highest BCUT2D eigenvalue weighted by atomic mass is 16.5.